The Morgan fingerprint density at radius 1 is 1.07 bits per heavy atom. The van der Waals surface area contributed by atoms with Crippen LogP contribution in [0, 0.1) is 0 Å². The van der Waals surface area contributed by atoms with E-state index in [1.165, 1.54) is 0 Å². The van der Waals surface area contributed by atoms with E-state index in [9.17, 15) is 0 Å². The number of allylic oxidation sites excluding steroid dienone is 4. The molecule has 0 aliphatic heterocycles. The molecule has 0 unspecified atom stereocenters. The maximum atomic E-state index is 4.53. The third-order valence-corrected chi connectivity index (χ3v) is 2.18. The van der Waals surface area contributed by atoms with Gasteiger partial charge in [0.15, 0.2) is 0 Å². The van der Waals surface area contributed by atoms with Crippen LogP contribution in [0.4, 0.5) is 11.4 Å². The molecular formula is C13H12N2. The molecule has 0 bridgehead atoms. The Hall–Kier alpha value is -1.96. The van der Waals surface area contributed by atoms with Gasteiger partial charge in [0.1, 0.15) is 0 Å². The van der Waals surface area contributed by atoms with Crippen molar-refractivity contribution in [3.63, 3.8) is 0 Å². The lowest BCUT2D eigenvalue weighted by Gasteiger charge is -2.03. The molecule has 74 valence electrons. The first-order chi connectivity index (χ1) is 7.40. The highest BCUT2D eigenvalue weighted by molar-refractivity contribution is 5.99. The van der Waals surface area contributed by atoms with Gasteiger partial charge in [-0.2, -0.15) is 0 Å². The van der Waals surface area contributed by atoms with Gasteiger partial charge < -0.3 is 0 Å². The number of para-hydroxylation sites is 2. The molecule has 0 saturated carbocycles. The zero-order valence-electron chi connectivity index (χ0n) is 8.43. The summed E-state index contributed by atoms with van der Waals surface area (Å²) < 4.78 is 0. The van der Waals surface area contributed by atoms with Gasteiger partial charge in [0, 0.05) is 12.1 Å². The van der Waals surface area contributed by atoms with Crippen molar-refractivity contribution in [3.05, 3.63) is 48.6 Å². The van der Waals surface area contributed by atoms with Gasteiger partial charge in [0.2, 0.25) is 0 Å². The summed E-state index contributed by atoms with van der Waals surface area (Å²) in [5.74, 6) is 0. The smallest absolute Gasteiger partial charge is 0.0889 e. The number of benzene rings is 1. The van der Waals surface area contributed by atoms with Crippen LogP contribution in [0.15, 0.2) is 58.6 Å². The largest absolute Gasteiger partial charge is 0.262 e. The maximum Gasteiger partial charge on any atom is 0.0889 e. The predicted octanol–water partition coefficient (Wildman–Crippen LogP) is 3.61. The summed E-state index contributed by atoms with van der Waals surface area (Å²) in [5.41, 5.74) is 2.75. The minimum atomic E-state index is 0.827. The fourth-order valence-corrected chi connectivity index (χ4v) is 1.43. The molecule has 1 aromatic rings. The van der Waals surface area contributed by atoms with Crippen LogP contribution < -0.4 is 0 Å². The second-order valence-electron chi connectivity index (χ2n) is 3.24. The second kappa shape index (κ2) is 4.51. The predicted molar refractivity (Wildman–Crippen MR) is 65.6 cm³/mol. The van der Waals surface area contributed by atoms with Crippen LogP contribution in [0.2, 0.25) is 0 Å². The highest BCUT2D eigenvalue weighted by atomic mass is 14.8. The SMILES string of the molecule is C=Nc1ccccc1/N=C1/C=CC=CC1. The molecular weight excluding hydrogens is 184 g/mol. The van der Waals surface area contributed by atoms with Crippen LogP contribution in [-0.2, 0) is 0 Å². The summed E-state index contributed by atoms with van der Waals surface area (Å²) in [6.45, 7) is 3.53. The van der Waals surface area contributed by atoms with Crippen molar-refractivity contribution < 1.29 is 0 Å². The highest BCUT2D eigenvalue weighted by Gasteiger charge is 2.00. The quantitative estimate of drug-likeness (QED) is 0.645. The molecule has 0 fully saturated rings. The first-order valence-corrected chi connectivity index (χ1v) is 4.86. The Morgan fingerprint density at radius 3 is 2.53 bits per heavy atom. The molecule has 0 heterocycles. The summed E-state index contributed by atoms with van der Waals surface area (Å²) >= 11 is 0. The molecule has 2 heteroatoms. The van der Waals surface area contributed by atoms with Gasteiger partial charge in [0.25, 0.3) is 0 Å². The number of aliphatic imine (C=N–C) groups is 2. The topological polar surface area (TPSA) is 24.7 Å². The summed E-state index contributed by atoms with van der Waals surface area (Å²) in [4.78, 5) is 8.47. The van der Waals surface area contributed by atoms with Crippen LogP contribution in [0.1, 0.15) is 6.42 Å². The lowest BCUT2D eigenvalue weighted by molar-refractivity contribution is 1.38. The van der Waals surface area contributed by atoms with E-state index in [1.54, 1.807) is 0 Å². The summed E-state index contributed by atoms with van der Waals surface area (Å²) in [5, 5.41) is 0. The average Bonchev–Trinajstić information content (AvgIpc) is 2.31. The molecule has 1 aliphatic rings. The number of hydrogen-bond donors (Lipinski definition) is 0. The van der Waals surface area contributed by atoms with E-state index in [1.807, 2.05) is 42.5 Å². The van der Waals surface area contributed by atoms with E-state index in [0.29, 0.717) is 0 Å². The van der Waals surface area contributed by atoms with Crippen molar-refractivity contribution in [3.8, 4) is 0 Å². The van der Waals surface area contributed by atoms with Crippen molar-refractivity contribution in [1.82, 2.24) is 0 Å². The van der Waals surface area contributed by atoms with E-state index in [0.717, 1.165) is 23.5 Å². The summed E-state index contributed by atoms with van der Waals surface area (Å²) in [6.07, 6.45) is 8.99. The van der Waals surface area contributed by atoms with Crippen LogP contribution in [0.5, 0.6) is 0 Å². The van der Waals surface area contributed by atoms with E-state index in [2.05, 4.69) is 22.8 Å². The molecule has 0 atom stereocenters. The zero-order chi connectivity index (χ0) is 10.5. The van der Waals surface area contributed by atoms with Gasteiger partial charge in [0.05, 0.1) is 11.4 Å². The molecule has 2 rings (SSSR count). The Bertz CT molecular complexity index is 453. The molecule has 2 nitrogen and oxygen atoms in total. The van der Waals surface area contributed by atoms with Crippen LogP contribution in [0.25, 0.3) is 0 Å². The van der Waals surface area contributed by atoms with Gasteiger partial charge in [-0.1, -0.05) is 30.4 Å². The van der Waals surface area contributed by atoms with Gasteiger partial charge >= 0.3 is 0 Å². The number of nitrogens with zero attached hydrogens (tertiary/aromatic N) is 2. The lowest BCUT2D eigenvalue weighted by Crippen LogP contribution is -1.93. The van der Waals surface area contributed by atoms with Crippen molar-refractivity contribution >= 4 is 23.8 Å². The number of rotatable bonds is 2. The van der Waals surface area contributed by atoms with Crippen LogP contribution in [-0.4, -0.2) is 12.4 Å². The lowest BCUT2D eigenvalue weighted by atomic mass is 10.1. The molecule has 0 saturated heterocycles. The van der Waals surface area contributed by atoms with E-state index >= 15 is 0 Å². The van der Waals surface area contributed by atoms with E-state index in [4.69, 9.17) is 0 Å². The van der Waals surface area contributed by atoms with Crippen molar-refractivity contribution in [2.75, 3.05) is 0 Å². The monoisotopic (exact) mass is 196 g/mol. The number of hydrogen-bond acceptors (Lipinski definition) is 2. The van der Waals surface area contributed by atoms with Crippen LogP contribution >= 0.6 is 0 Å². The van der Waals surface area contributed by atoms with Crippen molar-refractivity contribution in [2.45, 2.75) is 6.42 Å². The summed E-state index contributed by atoms with van der Waals surface area (Å²) in [6, 6.07) is 7.75. The van der Waals surface area contributed by atoms with Crippen molar-refractivity contribution in [2.24, 2.45) is 9.98 Å². The molecule has 15 heavy (non-hydrogen) atoms. The molecule has 1 aromatic carbocycles. The summed E-state index contributed by atoms with van der Waals surface area (Å²) in [7, 11) is 0. The Labute approximate surface area is 89.4 Å². The molecule has 0 spiro atoms. The fourth-order valence-electron chi connectivity index (χ4n) is 1.43. The van der Waals surface area contributed by atoms with Gasteiger partial charge in [-0.05, 0) is 24.9 Å². The highest BCUT2D eigenvalue weighted by Crippen LogP contribution is 2.27. The minimum Gasteiger partial charge on any atom is -0.262 e. The molecule has 0 radical (unpaired) electrons. The van der Waals surface area contributed by atoms with Gasteiger partial charge in [-0.25, -0.2) is 0 Å². The van der Waals surface area contributed by atoms with Gasteiger partial charge in [-0.15, -0.1) is 0 Å². The Morgan fingerprint density at radius 2 is 1.87 bits per heavy atom. The van der Waals surface area contributed by atoms with E-state index in [-0.39, 0.29) is 0 Å². The standard InChI is InChI=1S/C13H12N2/c1-14-12-9-5-6-10-13(12)15-11-7-3-2-4-8-11/h2-7,9-10H,1,8H2/b15-11-. The third kappa shape index (κ3) is 2.29. The first-order valence-electron chi connectivity index (χ1n) is 4.86. The Kier molecular flexibility index (Phi) is 2.88. The molecule has 1 aliphatic carbocycles. The minimum absolute atomic E-state index is 0.827. The molecule has 0 aromatic heterocycles. The second-order valence-corrected chi connectivity index (χ2v) is 3.24. The zero-order valence-corrected chi connectivity index (χ0v) is 8.43. The Balaban J connectivity index is 2.34. The average molecular weight is 196 g/mol. The first kappa shape index (κ1) is 9.59. The van der Waals surface area contributed by atoms with Crippen molar-refractivity contribution in [1.29, 1.82) is 0 Å². The molecule has 0 amide bonds. The van der Waals surface area contributed by atoms with Gasteiger partial charge in [-0.3, -0.25) is 9.98 Å². The molecule has 0 N–H and O–H groups in total. The fraction of sp³-hybridized carbons (Fsp3) is 0.0769. The van der Waals surface area contributed by atoms with Crippen LogP contribution in [0.3, 0.4) is 0 Å². The van der Waals surface area contributed by atoms with E-state index < -0.39 is 0 Å². The normalized spacial score (nSPS) is 16.9. The maximum absolute atomic E-state index is 4.53. The third-order valence-electron chi connectivity index (χ3n) is 2.18.